The number of thiophene rings is 1. The van der Waals surface area contributed by atoms with Crippen LogP contribution in [0.25, 0.3) is 10.2 Å². The van der Waals surface area contributed by atoms with Crippen LogP contribution in [0, 0.1) is 0 Å². The van der Waals surface area contributed by atoms with Gasteiger partial charge in [0.2, 0.25) is 0 Å². The molecule has 2 N–H and O–H groups in total. The van der Waals surface area contributed by atoms with Gasteiger partial charge in [0.1, 0.15) is 10.7 Å². The molecule has 5 nitrogen and oxygen atoms in total. The average Bonchev–Trinajstić information content (AvgIpc) is 3.28. The SMILES string of the molecule is CCC(c1nc2sccc2c(=O)n1Cc1ccccc1)N(CCN)Cc1ccc(Cl)cc1. The van der Waals surface area contributed by atoms with Crippen LogP contribution in [-0.2, 0) is 13.1 Å². The second-order valence-corrected chi connectivity index (χ2v) is 9.13. The van der Waals surface area contributed by atoms with Gasteiger partial charge in [0.25, 0.3) is 5.56 Å². The van der Waals surface area contributed by atoms with Gasteiger partial charge in [0, 0.05) is 24.7 Å². The number of rotatable bonds is 9. The lowest BCUT2D eigenvalue weighted by molar-refractivity contribution is 0.176. The molecule has 7 heteroatoms. The van der Waals surface area contributed by atoms with Gasteiger partial charge in [-0.15, -0.1) is 11.3 Å². The first-order chi connectivity index (χ1) is 15.6. The first kappa shape index (κ1) is 22.7. The van der Waals surface area contributed by atoms with Crippen molar-refractivity contribution in [1.82, 2.24) is 14.5 Å². The van der Waals surface area contributed by atoms with Crippen molar-refractivity contribution >= 4 is 33.2 Å². The Balaban J connectivity index is 1.79. The van der Waals surface area contributed by atoms with Crippen molar-refractivity contribution in [3.8, 4) is 0 Å². The van der Waals surface area contributed by atoms with Crippen LogP contribution in [0.2, 0.25) is 5.02 Å². The van der Waals surface area contributed by atoms with Gasteiger partial charge in [-0.1, -0.05) is 61.0 Å². The molecule has 2 aromatic carbocycles. The van der Waals surface area contributed by atoms with Crippen molar-refractivity contribution in [2.45, 2.75) is 32.5 Å². The molecule has 2 heterocycles. The summed E-state index contributed by atoms with van der Waals surface area (Å²) in [4.78, 5) is 21.6. The smallest absolute Gasteiger partial charge is 0.262 e. The summed E-state index contributed by atoms with van der Waals surface area (Å²) in [6.45, 7) is 4.55. The highest BCUT2D eigenvalue weighted by molar-refractivity contribution is 7.16. The van der Waals surface area contributed by atoms with Gasteiger partial charge < -0.3 is 5.73 Å². The Bertz CT molecular complexity index is 1220. The molecule has 0 saturated heterocycles. The molecule has 0 amide bonds. The Morgan fingerprint density at radius 1 is 1.09 bits per heavy atom. The molecule has 0 radical (unpaired) electrons. The summed E-state index contributed by atoms with van der Waals surface area (Å²) in [6.07, 6.45) is 0.811. The van der Waals surface area contributed by atoms with Crippen molar-refractivity contribution in [2.75, 3.05) is 13.1 Å². The van der Waals surface area contributed by atoms with E-state index < -0.39 is 0 Å². The summed E-state index contributed by atoms with van der Waals surface area (Å²) in [5.41, 5.74) is 8.22. The van der Waals surface area contributed by atoms with E-state index in [9.17, 15) is 4.79 Å². The highest BCUT2D eigenvalue weighted by atomic mass is 35.5. The Morgan fingerprint density at radius 3 is 2.53 bits per heavy atom. The Kier molecular flexibility index (Phi) is 7.37. The second kappa shape index (κ2) is 10.4. The Morgan fingerprint density at radius 2 is 1.84 bits per heavy atom. The molecule has 4 aromatic rings. The van der Waals surface area contributed by atoms with E-state index in [2.05, 4.69) is 11.8 Å². The van der Waals surface area contributed by atoms with Gasteiger partial charge in [0.05, 0.1) is 18.0 Å². The molecule has 0 aliphatic rings. The summed E-state index contributed by atoms with van der Waals surface area (Å²) in [5, 5.41) is 3.32. The molecule has 1 unspecified atom stereocenters. The first-order valence-electron chi connectivity index (χ1n) is 10.8. The van der Waals surface area contributed by atoms with Crippen LogP contribution in [0.3, 0.4) is 0 Å². The number of halogens is 1. The molecular weight excluding hydrogens is 440 g/mol. The van der Waals surface area contributed by atoms with Crippen molar-refractivity contribution in [2.24, 2.45) is 5.73 Å². The zero-order valence-electron chi connectivity index (χ0n) is 18.1. The summed E-state index contributed by atoms with van der Waals surface area (Å²) < 4.78 is 1.84. The minimum Gasteiger partial charge on any atom is -0.329 e. The number of hydrogen-bond acceptors (Lipinski definition) is 5. The fraction of sp³-hybridized carbons (Fsp3) is 0.280. The minimum atomic E-state index is -0.0443. The molecule has 0 aliphatic heterocycles. The van der Waals surface area contributed by atoms with Crippen LogP contribution < -0.4 is 11.3 Å². The van der Waals surface area contributed by atoms with Crippen LogP contribution >= 0.6 is 22.9 Å². The third kappa shape index (κ3) is 4.94. The third-order valence-corrected chi connectivity index (χ3v) is 6.70. The average molecular weight is 467 g/mol. The molecule has 1 atom stereocenters. The zero-order valence-corrected chi connectivity index (χ0v) is 19.6. The highest BCUT2D eigenvalue weighted by Crippen LogP contribution is 2.27. The summed E-state index contributed by atoms with van der Waals surface area (Å²) in [6, 6.07) is 19.8. The van der Waals surface area contributed by atoms with Gasteiger partial charge in [-0.25, -0.2) is 4.98 Å². The van der Waals surface area contributed by atoms with Gasteiger partial charge in [0.15, 0.2) is 0 Å². The lowest BCUT2D eigenvalue weighted by Crippen LogP contribution is -2.37. The van der Waals surface area contributed by atoms with Crippen molar-refractivity contribution in [3.63, 3.8) is 0 Å². The maximum Gasteiger partial charge on any atom is 0.262 e. The molecule has 32 heavy (non-hydrogen) atoms. The van der Waals surface area contributed by atoms with Crippen molar-refractivity contribution in [3.05, 3.63) is 98.4 Å². The minimum absolute atomic E-state index is 0.00717. The van der Waals surface area contributed by atoms with Gasteiger partial charge in [-0.3, -0.25) is 14.3 Å². The monoisotopic (exact) mass is 466 g/mol. The van der Waals surface area contributed by atoms with E-state index in [1.165, 1.54) is 11.3 Å². The molecule has 166 valence electrons. The molecular formula is C25H27ClN4OS. The molecule has 0 spiro atoms. The van der Waals surface area contributed by atoms with Crippen LogP contribution in [0.15, 0.2) is 70.8 Å². The van der Waals surface area contributed by atoms with Gasteiger partial charge in [-0.2, -0.15) is 0 Å². The zero-order chi connectivity index (χ0) is 22.5. The second-order valence-electron chi connectivity index (χ2n) is 7.80. The van der Waals surface area contributed by atoms with E-state index in [0.29, 0.717) is 36.6 Å². The van der Waals surface area contributed by atoms with E-state index in [-0.39, 0.29) is 11.6 Å². The quantitative estimate of drug-likeness (QED) is 0.374. The lowest BCUT2D eigenvalue weighted by Gasteiger charge is -2.32. The van der Waals surface area contributed by atoms with Crippen LogP contribution in [0.4, 0.5) is 0 Å². The van der Waals surface area contributed by atoms with Crippen LogP contribution in [-0.4, -0.2) is 27.5 Å². The first-order valence-corrected chi connectivity index (χ1v) is 12.1. The molecule has 0 bridgehead atoms. The number of aromatic nitrogens is 2. The number of nitrogens with zero attached hydrogens (tertiary/aromatic N) is 3. The van der Waals surface area contributed by atoms with Crippen LogP contribution in [0.1, 0.15) is 36.3 Å². The summed E-state index contributed by atoms with van der Waals surface area (Å²) >= 11 is 7.58. The van der Waals surface area contributed by atoms with Gasteiger partial charge >= 0.3 is 0 Å². The standard InChI is InChI=1S/C25H27ClN4OS/c1-2-22(29(14-13-27)16-19-8-10-20(26)11-9-19)23-28-24-21(12-15-32-24)25(31)30(23)17-18-6-4-3-5-7-18/h3-12,15,22H,2,13-14,16-17,27H2,1H3. The van der Waals surface area contributed by atoms with E-state index in [4.69, 9.17) is 22.3 Å². The number of benzene rings is 2. The van der Waals surface area contributed by atoms with E-state index in [1.54, 1.807) is 0 Å². The van der Waals surface area contributed by atoms with Gasteiger partial charge in [-0.05, 0) is 41.1 Å². The van der Waals surface area contributed by atoms with E-state index in [0.717, 1.165) is 28.2 Å². The van der Waals surface area contributed by atoms with E-state index >= 15 is 0 Å². The molecule has 0 aliphatic carbocycles. The fourth-order valence-corrected chi connectivity index (χ4v) is 4.96. The van der Waals surface area contributed by atoms with Crippen molar-refractivity contribution in [1.29, 1.82) is 0 Å². The normalized spacial score (nSPS) is 12.5. The third-order valence-electron chi connectivity index (χ3n) is 5.64. The summed E-state index contributed by atoms with van der Waals surface area (Å²) in [7, 11) is 0. The number of nitrogens with two attached hydrogens (primary N) is 1. The predicted molar refractivity (Wildman–Crippen MR) is 133 cm³/mol. The molecule has 2 aromatic heterocycles. The Labute approximate surface area is 197 Å². The number of fused-ring (bicyclic) bond motifs is 1. The largest absolute Gasteiger partial charge is 0.329 e. The van der Waals surface area contributed by atoms with Crippen LogP contribution in [0.5, 0.6) is 0 Å². The molecule has 0 fully saturated rings. The maximum atomic E-state index is 13.5. The van der Waals surface area contributed by atoms with E-state index in [1.807, 2.05) is 70.6 Å². The fourth-order valence-electron chi connectivity index (χ4n) is 4.08. The highest BCUT2D eigenvalue weighted by Gasteiger charge is 2.25. The predicted octanol–water partition coefficient (Wildman–Crippen LogP) is 5.07. The number of hydrogen-bond donors (Lipinski definition) is 1. The molecule has 4 rings (SSSR count). The Hall–Kier alpha value is -2.51. The summed E-state index contributed by atoms with van der Waals surface area (Å²) in [5.74, 6) is 0.790. The topological polar surface area (TPSA) is 64.2 Å². The maximum absolute atomic E-state index is 13.5. The van der Waals surface area contributed by atoms with Crippen molar-refractivity contribution < 1.29 is 0 Å². The molecule has 0 saturated carbocycles. The lowest BCUT2D eigenvalue weighted by atomic mass is 10.1.